The highest BCUT2D eigenvalue weighted by molar-refractivity contribution is 7.92. The van der Waals surface area contributed by atoms with Crippen LogP contribution in [0.2, 0.25) is 10.0 Å². The van der Waals surface area contributed by atoms with Crippen molar-refractivity contribution in [3.63, 3.8) is 0 Å². The van der Waals surface area contributed by atoms with Crippen molar-refractivity contribution in [1.29, 1.82) is 0 Å². The summed E-state index contributed by atoms with van der Waals surface area (Å²) in [6.07, 6.45) is 1.36. The molecule has 7 nitrogen and oxygen atoms in total. The van der Waals surface area contributed by atoms with Crippen LogP contribution >= 0.6 is 23.2 Å². The van der Waals surface area contributed by atoms with Crippen molar-refractivity contribution in [3.8, 4) is 0 Å². The van der Waals surface area contributed by atoms with Crippen LogP contribution in [0.25, 0.3) is 0 Å². The van der Waals surface area contributed by atoms with Crippen molar-refractivity contribution in [3.05, 3.63) is 63.1 Å². The largest absolute Gasteiger partial charge is 0.357 e. The summed E-state index contributed by atoms with van der Waals surface area (Å²) in [7, 11) is -2.32. The highest BCUT2D eigenvalue weighted by Gasteiger charge is 2.32. The number of likely N-dealkylation sites (N-methyl/N-ethyl adjacent to an activating group) is 1. The summed E-state index contributed by atoms with van der Waals surface area (Å²) >= 11 is 12.6. The van der Waals surface area contributed by atoms with Crippen molar-refractivity contribution in [1.82, 2.24) is 10.2 Å². The summed E-state index contributed by atoms with van der Waals surface area (Å²) in [5, 5.41) is 3.26. The molecule has 1 N–H and O–H groups in total. The van der Waals surface area contributed by atoms with Crippen LogP contribution < -0.4 is 9.62 Å². The van der Waals surface area contributed by atoms with Gasteiger partial charge in [0.2, 0.25) is 21.8 Å². The molecule has 2 rings (SSSR count). The first-order chi connectivity index (χ1) is 15.4. The van der Waals surface area contributed by atoms with Gasteiger partial charge < -0.3 is 10.2 Å². The minimum Gasteiger partial charge on any atom is -0.357 e. The van der Waals surface area contributed by atoms with Gasteiger partial charge in [0, 0.05) is 29.2 Å². The van der Waals surface area contributed by atoms with Crippen LogP contribution in [0.5, 0.6) is 0 Å². The van der Waals surface area contributed by atoms with Gasteiger partial charge in [-0.05, 0) is 44.0 Å². The Morgan fingerprint density at radius 1 is 1.09 bits per heavy atom. The average Bonchev–Trinajstić information content (AvgIpc) is 2.73. The Kier molecular flexibility index (Phi) is 9.17. The second kappa shape index (κ2) is 11.2. The number of rotatable bonds is 9. The molecule has 0 bridgehead atoms. The fourth-order valence-electron chi connectivity index (χ4n) is 3.62. The fraction of sp³-hybridized carbons (Fsp3) is 0.391. The van der Waals surface area contributed by atoms with E-state index in [1.165, 1.54) is 11.9 Å². The number of aryl methyl sites for hydroxylation is 2. The number of carbonyl (C=O) groups is 2. The van der Waals surface area contributed by atoms with E-state index in [0.29, 0.717) is 33.3 Å². The molecule has 1 atom stereocenters. The maximum absolute atomic E-state index is 13.6. The first-order valence-corrected chi connectivity index (χ1v) is 13.0. The van der Waals surface area contributed by atoms with Crippen LogP contribution in [0.1, 0.15) is 30.0 Å². The van der Waals surface area contributed by atoms with Gasteiger partial charge in [0.25, 0.3) is 0 Å². The highest BCUT2D eigenvalue weighted by atomic mass is 35.5. The molecule has 180 valence electrons. The first-order valence-electron chi connectivity index (χ1n) is 10.4. The number of nitrogens with zero attached hydrogens (tertiary/aromatic N) is 2. The second-order valence-electron chi connectivity index (χ2n) is 7.82. The molecule has 33 heavy (non-hydrogen) atoms. The molecule has 0 saturated heterocycles. The number of carbonyl (C=O) groups excluding carboxylic acids is 2. The summed E-state index contributed by atoms with van der Waals surface area (Å²) in [5.74, 6) is -0.918. The van der Waals surface area contributed by atoms with Crippen LogP contribution in [0, 0.1) is 13.8 Å². The Balaban J connectivity index is 2.52. The van der Waals surface area contributed by atoms with E-state index in [-0.39, 0.29) is 12.5 Å². The summed E-state index contributed by atoms with van der Waals surface area (Å²) < 4.78 is 26.4. The van der Waals surface area contributed by atoms with Crippen LogP contribution in [0.15, 0.2) is 36.4 Å². The maximum Gasteiger partial charge on any atom is 0.244 e. The maximum atomic E-state index is 13.6. The van der Waals surface area contributed by atoms with Crippen LogP contribution in [-0.4, -0.2) is 51.0 Å². The molecule has 2 aromatic rings. The SMILES string of the molecule is CC[C@@H](C(=O)NC)N(Cc1c(Cl)cccc1Cl)C(=O)CN(c1ccc(C)cc1C)S(C)(=O)=O. The van der Waals surface area contributed by atoms with Gasteiger partial charge >= 0.3 is 0 Å². The normalized spacial score (nSPS) is 12.2. The zero-order chi connectivity index (χ0) is 24.9. The van der Waals surface area contributed by atoms with Gasteiger partial charge in [-0.25, -0.2) is 8.42 Å². The number of sulfonamides is 1. The average molecular weight is 514 g/mol. The summed E-state index contributed by atoms with van der Waals surface area (Å²) in [5.41, 5.74) is 2.57. The molecular formula is C23H29Cl2N3O4S. The highest BCUT2D eigenvalue weighted by Crippen LogP contribution is 2.28. The van der Waals surface area contributed by atoms with Gasteiger partial charge in [0.05, 0.1) is 11.9 Å². The standard InChI is InChI=1S/C23H29Cl2N3O4S/c1-6-20(23(30)26-4)27(13-17-18(24)8-7-9-19(17)25)22(29)14-28(33(5,31)32)21-11-10-15(2)12-16(21)3/h7-12,20H,6,13-14H2,1-5H3,(H,26,30)/t20-/m0/s1. The molecular weight excluding hydrogens is 485 g/mol. The van der Waals surface area contributed by atoms with Crippen molar-refractivity contribution in [2.45, 2.75) is 39.8 Å². The quantitative estimate of drug-likeness (QED) is 0.550. The molecule has 0 spiro atoms. The van der Waals surface area contributed by atoms with Gasteiger partial charge in [0.1, 0.15) is 12.6 Å². The Morgan fingerprint density at radius 3 is 2.18 bits per heavy atom. The van der Waals surface area contributed by atoms with E-state index in [0.717, 1.165) is 16.1 Å². The van der Waals surface area contributed by atoms with E-state index < -0.39 is 28.5 Å². The molecule has 0 aliphatic heterocycles. The van der Waals surface area contributed by atoms with E-state index in [4.69, 9.17) is 23.2 Å². The molecule has 0 aliphatic rings. The smallest absolute Gasteiger partial charge is 0.244 e. The van der Waals surface area contributed by atoms with Crippen molar-refractivity contribution in [2.75, 3.05) is 24.2 Å². The number of halogens is 2. The molecule has 2 amide bonds. The van der Waals surface area contributed by atoms with Gasteiger partial charge in [-0.15, -0.1) is 0 Å². The van der Waals surface area contributed by atoms with Crippen molar-refractivity contribution in [2.24, 2.45) is 0 Å². The molecule has 0 aromatic heterocycles. The molecule has 0 fully saturated rings. The Labute approximate surface area is 205 Å². The second-order valence-corrected chi connectivity index (χ2v) is 10.5. The lowest BCUT2D eigenvalue weighted by Gasteiger charge is -2.33. The Bertz CT molecular complexity index is 1120. The van der Waals surface area contributed by atoms with E-state index in [2.05, 4.69) is 5.32 Å². The molecule has 0 saturated carbocycles. The fourth-order valence-corrected chi connectivity index (χ4v) is 5.04. The number of nitrogens with one attached hydrogen (secondary N) is 1. The molecule has 0 heterocycles. The number of hydrogen-bond acceptors (Lipinski definition) is 4. The van der Waals surface area contributed by atoms with E-state index in [9.17, 15) is 18.0 Å². The summed E-state index contributed by atoms with van der Waals surface area (Å²) in [6.45, 7) is 4.93. The third-order valence-corrected chi connectivity index (χ3v) is 7.16. The lowest BCUT2D eigenvalue weighted by Crippen LogP contribution is -2.51. The summed E-state index contributed by atoms with van der Waals surface area (Å²) in [6, 6.07) is 9.43. The molecule has 2 aromatic carbocycles. The molecule has 10 heteroatoms. The minimum atomic E-state index is -3.80. The van der Waals surface area contributed by atoms with Crippen molar-refractivity contribution >= 4 is 50.7 Å². The van der Waals surface area contributed by atoms with Gasteiger partial charge in [-0.1, -0.05) is 53.9 Å². The number of benzene rings is 2. The molecule has 0 radical (unpaired) electrons. The lowest BCUT2D eigenvalue weighted by molar-refractivity contribution is -0.140. The van der Waals surface area contributed by atoms with Gasteiger partial charge in [0.15, 0.2) is 0 Å². The third-order valence-electron chi connectivity index (χ3n) is 5.32. The lowest BCUT2D eigenvalue weighted by atomic mass is 10.1. The van der Waals surface area contributed by atoms with Crippen LogP contribution in [0.3, 0.4) is 0 Å². The Morgan fingerprint density at radius 2 is 1.70 bits per heavy atom. The topological polar surface area (TPSA) is 86.8 Å². The van der Waals surface area contributed by atoms with Crippen LogP contribution in [0.4, 0.5) is 5.69 Å². The van der Waals surface area contributed by atoms with E-state index in [1.54, 1.807) is 44.2 Å². The van der Waals surface area contributed by atoms with Gasteiger partial charge in [-0.2, -0.15) is 0 Å². The van der Waals surface area contributed by atoms with Gasteiger partial charge in [-0.3, -0.25) is 13.9 Å². The monoisotopic (exact) mass is 513 g/mol. The molecule has 0 unspecified atom stereocenters. The van der Waals surface area contributed by atoms with E-state index >= 15 is 0 Å². The number of anilines is 1. The number of hydrogen-bond donors (Lipinski definition) is 1. The predicted octanol–water partition coefficient (Wildman–Crippen LogP) is 3.93. The predicted molar refractivity (Wildman–Crippen MR) is 133 cm³/mol. The Hall–Kier alpha value is -2.29. The van der Waals surface area contributed by atoms with E-state index in [1.807, 2.05) is 13.0 Å². The third kappa shape index (κ3) is 6.62. The van der Waals surface area contributed by atoms with Crippen molar-refractivity contribution < 1.29 is 18.0 Å². The minimum absolute atomic E-state index is 0.0479. The summed E-state index contributed by atoms with van der Waals surface area (Å²) in [4.78, 5) is 27.5. The first kappa shape index (κ1) is 27.0. The molecule has 0 aliphatic carbocycles. The zero-order valence-electron chi connectivity index (χ0n) is 19.4. The number of amides is 2. The van der Waals surface area contributed by atoms with Crippen LogP contribution in [-0.2, 0) is 26.2 Å². The zero-order valence-corrected chi connectivity index (χ0v) is 21.7.